The van der Waals surface area contributed by atoms with Gasteiger partial charge < -0.3 is 19.9 Å². The summed E-state index contributed by atoms with van der Waals surface area (Å²) in [5.41, 5.74) is 0. The van der Waals surface area contributed by atoms with Crippen LogP contribution in [0.3, 0.4) is 0 Å². The van der Waals surface area contributed by atoms with E-state index in [1.54, 1.807) is 18.6 Å². The van der Waals surface area contributed by atoms with Gasteiger partial charge >= 0.3 is 6.03 Å². The second kappa shape index (κ2) is 10.1. The lowest BCUT2D eigenvalue weighted by molar-refractivity contribution is -0.128. The van der Waals surface area contributed by atoms with Crippen molar-refractivity contribution in [3.8, 4) is 5.88 Å². The van der Waals surface area contributed by atoms with Crippen LogP contribution in [0.4, 0.5) is 4.79 Å². The van der Waals surface area contributed by atoms with Crippen molar-refractivity contribution in [2.75, 3.05) is 32.8 Å². The van der Waals surface area contributed by atoms with Crippen LogP contribution in [0.2, 0.25) is 0 Å². The lowest BCUT2D eigenvalue weighted by Crippen LogP contribution is -2.49. The zero-order chi connectivity index (χ0) is 20.8. The fraction of sp³-hybridized carbons (Fsp3) is 0.727. The predicted octanol–water partition coefficient (Wildman–Crippen LogP) is 2.46. The van der Waals surface area contributed by atoms with Crippen LogP contribution in [0, 0.1) is 11.8 Å². The Morgan fingerprint density at radius 1 is 1.10 bits per heavy atom. The van der Waals surface area contributed by atoms with E-state index < -0.39 is 0 Å². The molecule has 4 rings (SSSR count). The molecule has 1 N–H and O–H groups in total. The van der Waals surface area contributed by atoms with Crippen molar-refractivity contribution in [1.82, 2.24) is 25.1 Å². The Morgan fingerprint density at radius 3 is 2.63 bits per heavy atom. The molecule has 1 aromatic heterocycles. The lowest BCUT2D eigenvalue weighted by Gasteiger charge is -2.35. The van der Waals surface area contributed by atoms with E-state index >= 15 is 0 Å². The molecule has 3 fully saturated rings. The van der Waals surface area contributed by atoms with Gasteiger partial charge in [-0.2, -0.15) is 0 Å². The second-order valence-corrected chi connectivity index (χ2v) is 8.94. The third kappa shape index (κ3) is 5.61. The van der Waals surface area contributed by atoms with Crippen LogP contribution in [0.25, 0.3) is 0 Å². The largest absolute Gasteiger partial charge is 0.476 e. The van der Waals surface area contributed by atoms with Crippen molar-refractivity contribution >= 4 is 11.9 Å². The van der Waals surface area contributed by atoms with E-state index in [-0.39, 0.29) is 17.9 Å². The molecule has 1 aliphatic carbocycles. The summed E-state index contributed by atoms with van der Waals surface area (Å²) in [5.74, 6) is 1.37. The molecular formula is C22H33N5O3. The van der Waals surface area contributed by atoms with Gasteiger partial charge in [-0.3, -0.25) is 9.78 Å². The normalized spacial score (nSPS) is 23.6. The standard InChI is InChI=1S/C22H33N5O3/c28-21-12-18(16-30-20-13-23-8-9-24-20)15-27(21)14-17-6-10-26(11-7-17)22(29)25-19-4-2-1-3-5-19/h8-9,13,17-19H,1-7,10-12,14-16H2,(H,25,29). The number of carbonyl (C=O) groups excluding carboxylic acids is 2. The van der Waals surface area contributed by atoms with Crippen LogP contribution in [0.15, 0.2) is 18.6 Å². The summed E-state index contributed by atoms with van der Waals surface area (Å²) in [6, 6.07) is 0.450. The fourth-order valence-electron chi connectivity index (χ4n) is 4.85. The van der Waals surface area contributed by atoms with Crippen molar-refractivity contribution in [1.29, 1.82) is 0 Å². The molecule has 1 atom stereocenters. The van der Waals surface area contributed by atoms with Crippen molar-refractivity contribution in [3.05, 3.63) is 18.6 Å². The first-order valence-electron chi connectivity index (χ1n) is 11.4. The Labute approximate surface area is 178 Å². The van der Waals surface area contributed by atoms with Crippen LogP contribution in [-0.2, 0) is 4.79 Å². The minimum absolute atomic E-state index is 0.0961. The average Bonchev–Trinajstić information content (AvgIpc) is 3.13. The quantitative estimate of drug-likeness (QED) is 0.771. The van der Waals surface area contributed by atoms with E-state index in [9.17, 15) is 9.59 Å². The van der Waals surface area contributed by atoms with E-state index in [4.69, 9.17) is 4.74 Å². The summed E-state index contributed by atoms with van der Waals surface area (Å²) in [6.45, 7) is 3.58. The third-order valence-corrected chi connectivity index (χ3v) is 6.61. The number of rotatable bonds is 6. The van der Waals surface area contributed by atoms with Crippen molar-refractivity contribution < 1.29 is 14.3 Å². The van der Waals surface area contributed by atoms with E-state index in [0.717, 1.165) is 51.9 Å². The summed E-state index contributed by atoms with van der Waals surface area (Å²) in [4.78, 5) is 37.0. The summed E-state index contributed by atoms with van der Waals surface area (Å²) in [5, 5.41) is 3.22. The number of piperidine rings is 1. The van der Waals surface area contributed by atoms with Gasteiger partial charge in [0.15, 0.2) is 0 Å². The minimum atomic E-state index is 0.0961. The maximum absolute atomic E-state index is 12.5. The third-order valence-electron chi connectivity index (χ3n) is 6.61. The number of hydrogen-bond acceptors (Lipinski definition) is 5. The Hall–Kier alpha value is -2.38. The van der Waals surface area contributed by atoms with E-state index in [2.05, 4.69) is 15.3 Å². The molecule has 0 bridgehead atoms. The van der Waals surface area contributed by atoms with Gasteiger partial charge in [0.25, 0.3) is 0 Å². The molecule has 3 aliphatic rings. The Bertz CT molecular complexity index is 702. The van der Waals surface area contributed by atoms with Crippen LogP contribution in [-0.4, -0.2) is 70.5 Å². The Balaban J connectivity index is 1.16. The van der Waals surface area contributed by atoms with Gasteiger partial charge in [-0.25, -0.2) is 9.78 Å². The number of likely N-dealkylation sites (tertiary alicyclic amines) is 2. The van der Waals surface area contributed by atoms with E-state index in [1.165, 1.54) is 19.3 Å². The number of nitrogens with one attached hydrogen (secondary N) is 1. The first-order valence-corrected chi connectivity index (χ1v) is 11.4. The SMILES string of the molecule is O=C1CC(COc2cnccn2)CN1CC1CCN(C(=O)NC2CCCCC2)CC1. The molecule has 8 heteroatoms. The summed E-state index contributed by atoms with van der Waals surface area (Å²) < 4.78 is 5.68. The smallest absolute Gasteiger partial charge is 0.317 e. The average molecular weight is 416 g/mol. The highest BCUT2D eigenvalue weighted by Crippen LogP contribution is 2.25. The Kier molecular flexibility index (Phi) is 7.02. The second-order valence-electron chi connectivity index (χ2n) is 8.94. The maximum Gasteiger partial charge on any atom is 0.317 e. The van der Waals surface area contributed by atoms with Gasteiger partial charge in [0.05, 0.1) is 12.8 Å². The van der Waals surface area contributed by atoms with E-state index in [0.29, 0.717) is 30.9 Å². The van der Waals surface area contributed by atoms with Gasteiger partial charge in [-0.1, -0.05) is 19.3 Å². The zero-order valence-corrected chi connectivity index (χ0v) is 17.7. The molecule has 3 amide bonds. The summed E-state index contributed by atoms with van der Waals surface area (Å²) in [7, 11) is 0. The molecular weight excluding hydrogens is 382 g/mol. The molecule has 3 heterocycles. The number of aromatic nitrogens is 2. The van der Waals surface area contributed by atoms with Crippen molar-refractivity contribution in [3.63, 3.8) is 0 Å². The highest BCUT2D eigenvalue weighted by molar-refractivity contribution is 5.78. The molecule has 2 aliphatic heterocycles. The number of carbonyl (C=O) groups is 2. The number of ether oxygens (including phenoxy) is 1. The number of nitrogens with zero attached hydrogens (tertiary/aromatic N) is 4. The predicted molar refractivity (Wildman–Crippen MR) is 112 cm³/mol. The molecule has 2 saturated heterocycles. The summed E-state index contributed by atoms with van der Waals surface area (Å²) >= 11 is 0. The van der Waals surface area contributed by atoms with Gasteiger partial charge in [0.2, 0.25) is 11.8 Å². The minimum Gasteiger partial charge on any atom is -0.476 e. The molecule has 0 radical (unpaired) electrons. The Morgan fingerprint density at radius 2 is 1.90 bits per heavy atom. The topological polar surface area (TPSA) is 87.7 Å². The number of amides is 3. The molecule has 1 unspecified atom stereocenters. The van der Waals surface area contributed by atoms with Gasteiger partial charge in [0.1, 0.15) is 0 Å². The van der Waals surface area contributed by atoms with Gasteiger partial charge in [-0.15, -0.1) is 0 Å². The highest BCUT2D eigenvalue weighted by atomic mass is 16.5. The lowest BCUT2D eigenvalue weighted by atomic mass is 9.95. The van der Waals surface area contributed by atoms with Crippen molar-refractivity contribution in [2.45, 2.75) is 57.4 Å². The first kappa shape index (κ1) is 20.9. The molecule has 0 spiro atoms. The van der Waals surface area contributed by atoms with Gasteiger partial charge in [0, 0.05) is 57.0 Å². The van der Waals surface area contributed by atoms with E-state index in [1.807, 2.05) is 9.80 Å². The number of hydrogen-bond donors (Lipinski definition) is 1. The van der Waals surface area contributed by atoms with Crippen molar-refractivity contribution in [2.24, 2.45) is 11.8 Å². The fourth-order valence-corrected chi connectivity index (χ4v) is 4.85. The van der Waals surface area contributed by atoms with Crippen LogP contribution < -0.4 is 10.1 Å². The molecule has 8 nitrogen and oxygen atoms in total. The molecule has 1 aromatic rings. The monoisotopic (exact) mass is 415 g/mol. The zero-order valence-electron chi connectivity index (χ0n) is 17.7. The van der Waals surface area contributed by atoms with Gasteiger partial charge in [-0.05, 0) is 31.6 Å². The van der Waals surface area contributed by atoms with Crippen LogP contribution in [0.5, 0.6) is 5.88 Å². The molecule has 30 heavy (non-hydrogen) atoms. The van der Waals surface area contributed by atoms with Crippen LogP contribution >= 0.6 is 0 Å². The molecule has 1 saturated carbocycles. The highest BCUT2D eigenvalue weighted by Gasteiger charge is 2.33. The maximum atomic E-state index is 12.5. The summed E-state index contributed by atoms with van der Waals surface area (Å²) in [6.07, 6.45) is 13.2. The molecule has 164 valence electrons. The van der Waals surface area contributed by atoms with Crippen LogP contribution in [0.1, 0.15) is 51.4 Å². The molecule has 0 aromatic carbocycles. The number of urea groups is 1. The first-order chi connectivity index (χ1) is 14.7.